The minimum absolute atomic E-state index is 0.291. The molecule has 0 aromatic rings. The Hall–Kier alpha value is -0.820. The lowest BCUT2D eigenvalue weighted by molar-refractivity contribution is -0.192. The number of nitrogens with zero attached hydrogens (tertiary/aromatic N) is 1. The zero-order chi connectivity index (χ0) is 15.2. The molecule has 114 valence electrons. The zero-order valence-corrected chi connectivity index (χ0v) is 11.8. The Morgan fingerprint density at radius 2 is 1.68 bits per heavy atom. The summed E-state index contributed by atoms with van der Waals surface area (Å²) in [7, 11) is 0. The molecule has 0 aromatic heterocycles. The van der Waals surface area contributed by atoms with Crippen molar-refractivity contribution >= 4 is 5.97 Å². The second kappa shape index (κ2) is 7.69. The molecule has 0 amide bonds. The summed E-state index contributed by atoms with van der Waals surface area (Å²) in [6.07, 6.45) is -4.71. The van der Waals surface area contributed by atoms with Crippen LogP contribution in [-0.2, 0) is 4.79 Å². The molecule has 0 aliphatic heterocycles. The lowest BCUT2D eigenvalue weighted by atomic mass is 10.1. The predicted octanol–water partition coefficient (Wildman–Crippen LogP) is 1.96. The van der Waals surface area contributed by atoms with Crippen molar-refractivity contribution in [2.24, 2.45) is 5.92 Å². The van der Waals surface area contributed by atoms with Gasteiger partial charge in [-0.2, -0.15) is 13.2 Å². The van der Waals surface area contributed by atoms with Gasteiger partial charge in [0.25, 0.3) is 0 Å². The number of rotatable bonds is 8. The van der Waals surface area contributed by atoms with E-state index in [2.05, 4.69) is 10.2 Å². The third kappa shape index (κ3) is 6.77. The molecule has 0 radical (unpaired) electrons. The first kappa shape index (κ1) is 18.2. The smallest absolute Gasteiger partial charge is 0.403 e. The van der Waals surface area contributed by atoms with E-state index in [1.807, 2.05) is 27.7 Å². The molecule has 0 aliphatic carbocycles. The monoisotopic (exact) mass is 284 g/mol. The number of hydrogen-bond acceptors (Lipinski definition) is 3. The molecule has 0 rings (SSSR count). The number of carbonyl (C=O) groups is 1. The van der Waals surface area contributed by atoms with E-state index in [1.54, 1.807) is 0 Å². The van der Waals surface area contributed by atoms with Crippen molar-refractivity contribution in [2.45, 2.75) is 46.0 Å². The third-order valence-corrected chi connectivity index (χ3v) is 2.92. The predicted molar refractivity (Wildman–Crippen MR) is 67.0 cm³/mol. The molecule has 0 saturated carbocycles. The Labute approximate surface area is 112 Å². The maximum Gasteiger partial charge on any atom is 0.403 e. The second-order valence-corrected chi connectivity index (χ2v) is 5.06. The van der Waals surface area contributed by atoms with E-state index in [0.29, 0.717) is 25.2 Å². The summed E-state index contributed by atoms with van der Waals surface area (Å²) < 4.78 is 37.1. The van der Waals surface area contributed by atoms with E-state index >= 15 is 0 Å². The summed E-state index contributed by atoms with van der Waals surface area (Å²) in [5.41, 5.74) is 0. The van der Waals surface area contributed by atoms with Crippen LogP contribution in [0.3, 0.4) is 0 Å². The van der Waals surface area contributed by atoms with Gasteiger partial charge >= 0.3 is 12.1 Å². The molecule has 2 N–H and O–H groups in total. The number of halogens is 3. The first-order valence-corrected chi connectivity index (χ1v) is 6.33. The summed E-state index contributed by atoms with van der Waals surface area (Å²) in [4.78, 5) is 12.6. The van der Waals surface area contributed by atoms with Crippen LogP contribution in [0.15, 0.2) is 0 Å². The van der Waals surface area contributed by atoms with Gasteiger partial charge < -0.3 is 10.4 Å². The highest BCUT2D eigenvalue weighted by atomic mass is 19.4. The van der Waals surface area contributed by atoms with Gasteiger partial charge in [0.05, 0.1) is 0 Å². The van der Waals surface area contributed by atoms with Gasteiger partial charge in [-0.1, -0.05) is 0 Å². The van der Waals surface area contributed by atoms with Gasteiger partial charge in [-0.05, 0) is 27.7 Å². The summed E-state index contributed by atoms with van der Waals surface area (Å²) in [6.45, 7) is 8.36. The van der Waals surface area contributed by atoms with E-state index in [1.165, 1.54) is 0 Å². The Balaban J connectivity index is 4.18. The molecule has 4 nitrogen and oxygen atoms in total. The highest BCUT2D eigenvalue weighted by molar-refractivity contribution is 5.71. The molecule has 0 heterocycles. The first-order valence-electron chi connectivity index (χ1n) is 6.33. The fourth-order valence-electron chi connectivity index (χ4n) is 1.91. The van der Waals surface area contributed by atoms with Crippen molar-refractivity contribution in [3.63, 3.8) is 0 Å². The summed E-state index contributed by atoms with van der Waals surface area (Å²) in [6, 6.07) is 0.583. The lowest BCUT2D eigenvalue weighted by Gasteiger charge is -2.30. The minimum Gasteiger partial charge on any atom is -0.481 e. The molecule has 0 aromatic carbocycles. The Bertz CT molecular complexity index is 273. The van der Waals surface area contributed by atoms with Crippen molar-refractivity contribution in [2.75, 3.05) is 19.6 Å². The number of nitrogens with one attached hydrogen (secondary N) is 1. The number of hydrogen-bond donors (Lipinski definition) is 2. The van der Waals surface area contributed by atoms with Crippen LogP contribution >= 0.6 is 0 Å². The van der Waals surface area contributed by atoms with Gasteiger partial charge in [0, 0.05) is 31.7 Å². The number of carboxylic acids is 1. The third-order valence-electron chi connectivity index (χ3n) is 2.92. The van der Waals surface area contributed by atoms with Crippen LogP contribution < -0.4 is 5.32 Å². The maximum absolute atomic E-state index is 12.4. The maximum atomic E-state index is 12.4. The van der Waals surface area contributed by atoms with E-state index in [0.717, 1.165) is 0 Å². The Morgan fingerprint density at radius 1 is 1.21 bits per heavy atom. The minimum atomic E-state index is -4.71. The van der Waals surface area contributed by atoms with Crippen molar-refractivity contribution in [3.05, 3.63) is 0 Å². The molecule has 0 bridgehead atoms. The normalized spacial score (nSPS) is 14.4. The van der Waals surface area contributed by atoms with Crippen LogP contribution in [0.1, 0.15) is 27.7 Å². The van der Waals surface area contributed by atoms with Crippen molar-refractivity contribution in [1.82, 2.24) is 10.2 Å². The van der Waals surface area contributed by atoms with Gasteiger partial charge in [0.2, 0.25) is 0 Å². The van der Waals surface area contributed by atoms with Gasteiger partial charge in [0.15, 0.2) is 5.92 Å². The van der Waals surface area contributed by atoms with Crippen LogP contribution in [0.4, 0.5) is 13.2 Å². The molecule has 1 atom stereocenters. The Morgan fingerprint density at radius 3 is 2.00 bits per heavy atom. The zero-order valence-electron chi connectivity index (χ0n) is 11.8. The van der Waals surface area contributed by atoms with Crippen LogP contribution in [0.5, 0.6) is 0 Å². The van der Waals surface area contributed by atoms with E-state index in [9.17, 15) is 18.0 Å². The molecule has 1 unspecified atom stereocenters. The second-order valence-electron chi connectivity index (χ2n) is 5.06. The molecular weight excluding hydrogens is 261 g/mol. The highest BCUT2D eigenvalue weighted by Crippen LogP contribution is 2.25. The van der Waals surface area contributed by atoms with Gasteiger partial charge in [0.1, 0.15) is 0 Å². The number of carboxylic acid groups (broad SMARTS) is 1. The van der Waals surface area contributed by atoms with Crippen molar-refractivity contribution < 1.29 is 23.1 Å². The average Bonchev–Trinajstić information content (AvgIpc) is 2.19. The van der Waals surface area contributed by atoms with E-state index < -0.39 is 24.6 Å². The highest BCUT2D eigenvalue weighted by Gasteiger charge is 2.44. The number of aliphatic carboxylic acids is 1. The molecular formula is C12H23F3N2O2. The van der Waals surface area contributed by atoms with E-state index in [-0.39, 0.29) is 0 Å². The van der Waals surface area contributed by atoms with E-state index in [4.69, 9.17) is 5.11 Å². The van der Waals surface area contributed by atoms with Crippen LogP contribution in [0.2, 0.25) is 0 Å². The fourth-order valence-corrected chi connectivity index (χ4v) is 1.91. The summed E-state index contributed by atoms with van der Waals surface area (Å²) in [5.74, 6) is -4.19. The van der Waals surface area contributed by atoms with Crippen LogP contribution in [0.25, 0.3) is 0 Å². The van der Waals surface area contributed by atoms with Crippen LogP contribution in [-0.4, -0.2) is 53.9 Å². The van der Waals surface area contributed by atoms with Crippen LogP contribution in [0, 0.1) is 5.92 Å². The van der Waals surface area contributed by atoms with Crippen molar-refractivity contribution in [3.8, 4) is 0 Å². The number of alkyl halides is 3. The summed E-state index contributed by atoms with van der Waals surface area (Å²) in [5, 5.41) is 11.1. The van der Waals surface area contributed by atoms with Gasteiger partial charge in [-0.3, -0.25) is 9.69 Å². The van der Waals surface area contributed by atoms with Crippen molar-refractivity contribution in [1.29, 1.82) is 0 Å². The molecule has 19 heavy (non-hydrogen) atoms. The topological polar surface area (TPSA) is 52.6 Å². The largest absolute Gasteiger partial charge is 0.481 e. The fraction of sp³-hybridized carbons (Fsp3) is 0.917. The molecule has 0 spiro atoms. The standard InChI is InChI=1S/C12H23F3N2O2/c1-8(2)17(9(3)4)6-5-16-7-10(11(18)19)12(13,14)15/h8-10,16H,5-7H2,1-4H3,(H,18,19). The Kier molecular flexibility index (Phi) is 7.36. The van der Waals surface area contributed by atoms with Gasteiger partial charge in [-0.25, -0.2) is 0 Å². The lowest BCUT2D eigenvalue weighted by Crippen LogP contribution is -2.44. The molecule has 7 heteroatoms. The SMILES string of the molecule is CC(C)N(CCNCC(C(=O)O)C(F)(F)F)C(C)C. The molecule has 0 aliphatic rings. The average molecular weight is 284 g/mol. The van der Waals surface area contributed by atoms with Gasteiger partial charge in [-0.15, -0.1) is 0 Å². The summed E-state index contributed by atoms with van der Waals surface area (Å²) >= 11 is 0. The first-order chi connectivity index (χ1) is 8.57. The quantitative estimate of drug-likeness (QED) is 0.669. The molecule has 0 fully saturated rings. The molecule has 0 saturated heterocycles.